The van der Waals surface area contributed by atoms with E-state index in [0.717, 1.165) is 37.7 Å². The summed E-state index contributed by atoms with van der Waals surface area (Å²) in [4.78, 5) is 10.5. The van der Waals surface area contributed by atoms with Gasteiger partial charge in [-0.3, -0.25) is 10.1 Å². The van der Waals surface area contributed by atoms with Crippen LogP contribution in [-0.2, 0) is 0 Å². The molecule has 0 aromatic heterocycles. The molecule has 1 unspecified atom stereocenters. The zero-order chi connectivity index (χ0) is 14.5. The average Bonchev–Trinajstić information content (AvgIpc) is 2.46. The highest BCUT2D eigenvalue weighted by Gasteiger charge is 2.22. The van der Waals surface area contributed by atoms with Crippen LogP contribution in [0.2, 0.25) is 0 Å². The van der Waals surface area contributed by atoms with Crippen LogP contribution in [0.25, 0.3) is 0 Å². The Morgan fingerprint density at radius 1 is 1.40 bits per heavy atom. The molecule has 1 aliphatic rings. The zero-order valence-electron chi connectivity index (χ0n) is 11.9. The minimum absolute atomic E-state index is 0.161. The Balaban J connectivity index is 2.04. The van der Waals surface area contributed by atoms with E-state index in [-0.39, 0.29) is 16.7 Å². The summed E-state index contributed by atoms with van der Waals surface area (Å²) < 4.78 is 0. The SMILES string of the molecule is CCC(NC1CCC(N)CC1)c1cccc([N+](=O)[O-])c1. The van der Waals surface area contributed by atoms with Crippen LogP contribution in [0.15, 0.2) is 24.3 Å². The molecule has 0 bridgehead atoms. The number of nitrogens with one attached hydrogen (secondary N) is 1. The van der Waals surface area contributed by atoms with E-state index in [4.69, 9.17) is 5.73 Å². The van der Waals surface area contributed by atoms with Crippen LogP contribution in [-0.4, -0.2) is 17.0 Å². The molecule has 1 saturated carbocycles. The Labute approximate surface area is 119 Å². The van der Waals surface area contributed by atoms with Crippen molar-refractivity contribution in [1.29, 1.82) is 0 Å². The maximum atomic E-state index is 10.9. The van der Waals surface area contributed by atoms with Gasteiger partial charge in [0.2, 0.25) is 0 Å². The number of rotatable bonds is 5. The second-order valence-electron chi connectivity index (χ2n) is 5.59. The highest BCUT2D eigenvalue weighted by molar-refractivity contribution is 5.35. The van der Waals surface area contributed by atoms with Crippen molar-refractivity contribution in [2.45, 2.75) is 57.2 Å². The number of nitrogens with zero attached hydrogens (tertiary/aromatic N) is 1. The Kier molecular flexibility index (Phi) is 5.09. The third-order valence-corrected chi connectivity index (χ3v) is 4.10. The molecule has 0 spiro atoms. The topological polar surface area (TPSA) is 81.2 Å². The van der Waals surface area contributed by atoms with Gasteiger partial charge in [0.15, 0.2) is 0 Å². The lowest BCUT2D eigenvalue weighted by molar-refractivity contribution is -0.384. The summed E-state index contributed by atoms with van der Waals surface area (Å²) in [5.41, 5.74) is 7.08. The van der Waals surface area contributed by atoms with Crippen molar-refractivity contribution in [2.24, 2.45) is 5.73 Å². The van der Waals surface area contributed by atoms with E-state index in [1.807, 2.05) is 6.07 Å². The molecule has 5 heteroatoms. The molecular weight excluding hydrogens is 254 g/mol. The monoisotopic (exact) mass is 277 g/mol. The lowest BCUT2D eigenvalue weighted by atomic mass is 9.90. The van der Waals surface area contributed by atoms with Gasteiger partial charge in [0.25, 0.3) is 5.69 Å². The molecule has 0 heterocycles. The second-order valence-corrected chi connectivity index (χ2v) is 5.59. The quantitative estimate of drug-likeness (QED) is 0.640. The number of non-ortho nitro benzene ring substituents is 1. The maximum Gasteiger partial charge on any atom is 0.269 e. The van der Waals surface area contributed by atoms with Crippen molar-refractivity contribution in [3.63, 3.8) is 0 Å². The Morgan fingerprint density at radius 3 is 2.70 bits per heavy atom. The van der Waals surface area contributed by atoms with Gasteiger partial charge in [-0.15, -0.1) is 0 Å². The van der Waals surface area contributed by atoms with Gasteiger partial charge in [0, 0.05) is 30.3 Å². The molecule has 20 heavy (non-hydrogen) atoms. The van der Waals surface area contributed by atoms with Crippen LogP contribution in [0.4, 0.5) is 5.69 Å². The summed E-state index contributed by atoms with van der Waals surface area (Å²) in [7, 11) is 0. The third kappa shape index (κ3) is 3.77. The molecule has 0 amide bonds. The third-order valence-electron chi connectivity index (χ3n) is 4.10. The fourth-order valence-corrected chi connectivity index (χ4v) is 2.88. The van der Waals surface area contributed by atoms with E-state index in [2.05, 4.69) is 12.2 Å². The van der Waals surface area contributed by atoms with Gasteiger partial charge in [0.1, 0.15) is 0 Å². The Morgan fingerprint density at radius 2 is 2.10 bits per heavy atom. The van der Waals surface area contributed by atoms with E-state index in [1.165, 1.54) is 6.07 Å². The van der Waals surface area contributed by atoms with Crippen molar-refractivity contribution >= 4 is 5.69 Å². The first-order valence-electron chi connectivity index (χ1n) is 7.36. The van der Waals surface area contributed by atoms with Crippen LogP contribution < -0.4 is 11.1 Å². The molecule has 1 aromatic carbocycles. The molecule has 5 nitrogen and oxygen atoms in total. The van der Waals surface area contributed by atoms with Crippen molar-refractivity contribution in [2.75, 3.05) is 0 Å². The van der Waals surface area contributed by atoms with Crippen molar-refractivity contribution in [1.82, 2.24) is 5.32 Å². The number of nitro benzene ring substituents is 1. The van der Waals surface area contributed by atoms with Crippen LogP contribution in [0.1, 0.15) is 50.6 Å². The first kappa shape index (κ1) is 14.9. The summed E-state index contributed by atoms with van der Waals surface area (Å²) in [6, 6.07) is 7.92. The molecule has 0 saturated heterocycles. The maximum absolute atomic E-state index is 10.9. The van der Waals surface area contributed by atoms with Crippen molar-refractivity contribution in [3.8, 4) is 0 Å². The highest BCUT2D eigenvalue weighted by Crippen LogP contribution is 2.25. The molecule has 2 rings (SSSR count). The van der Waals surface area contributed by atoms with Gasteiger partial charge in [-0.25, -0.2) is 0 Å². The standard InChI is InChI=1S/C15H23N3O2/c1-2-15(17-13-8-6-12(16)7-9-13)11-4-3-5-14(10-11)18(19)20/h3-5,10,12-13,15,17H,2,6-9,16H2,1H3. The molecule has 3 N–H and O–H groups in total. The first-order chi connectivity index (χ1) is 9.60. The fraction of sp³-hybridized carbons (Fsp3) is 0.600. The summed E-state index contributed by atoms with van der Waals surface area (Å²) in [5, 5.41) is 14.5. The molecule has 0 aliphatic heterocycles. The van der Waals surface area contributed by atoms with Crippen LogP contribution in [0, 0.1) is 10.1 Å². The summed E-state index contributed by atoms with van der Waals surface area (Å²) in [6.07, 6.45) is 5.22. The molecule has 1 atom stereocenters. The fourth-order valence-electron chi connectivity index (χ4n) is 2.88. The minimum atomic E-state index is -0.337. The summed E-state index contributed by atoms with van der Waals surface area (Å²) in [6.45, 7) is 2.10. The lowest BCUT2D eigenvalue weighted by Gasteiger charge is -2.30. The van der Waals surface area contributed by atoms with Gasteiger partial charge in [-0.1, -0.05) is 19.1 Å². The number of hydrogen-bond donors (Lipinski definition) is 2. The predicted octanol–water partition coefficient (Wildman–Crippen LogP) is 2.91. The largest absolute Gasteiger partial charge is 0.328 e. The molecule has 110 valence electrons. The highest BCUT2D eigenvalue weighted by atomic mass is 16.6. The Hall–Kier alpha value is -1.46. The van der Waals surface area contributed by atoms with Gasteiger partial charge < -0.3 is 11.1 Å². The van der Waals surface area contributed by atoms with Gasteiger partial charge in [-0.05, 0) is 37.7 Å². The van der Waals surface area contributed by atoms with Crippen molar-refractivity contribution in [3.05, 3.63) is 39.9 Å². The first-order valence-corrected chi connectivity index (χ1v) is 7.36. The molecule has 0 radical (unpaired) electrons. The predicted molar refractivity (Wildman–Crippen MR) is 79.5 cm³/mol. The minimum Gasteiger partial charge on any atom is -0.328 e. The summed E-state index contributed by atoms with van der Waals surface area (Å²) >= 11 is 0. The average molecular weight is 277 g/mol. The van der Waals surface area contributed by atoms with Crippen molar-refractivity contribution < 1.29 is 4.92 Å². The molecule has 1 aliphatic carbocycles. The van der Waals surface area contributed by atoms with Gasteiger partial charge >= 0.3 is 0 Å². The number of hydrogen-bond acceptors (Lipinski definition) is 4. The van der Waals surface area contributed by atoms with Crippen LogP contribution in [0.5, 0.6) is 0 Å². The normalized spacial score (nSPS) is 24.3. The van der Waals surface area contributed by atoms with Crippen LogP contribution in [0.3, 0.4) is 0 Å². The number of benzene rings is 1. The lowest BCUT2D eigenvalue weighted by Crippen LogP contribution is -2.39. The number of nitrogens with two attached hydrogens (primary N) is 1. The molecule has 1 aromatic rings. The van der Waals surface area contributed by atoms with E-state index in [9.17, 15) is 10.1 Å². The second kappa shape index (κ2) is 6.81. The van der Waals surface area contributed by atoms with E-state index in [1.54, 1.807) is 12.1 Å². The summed E-state index contributed by atoms with van der Waals surface area (Å²) in [5.74, 6) is 0. The smallest absolute Gasteiger partial charge is 0.269 e. The molecular formula is C15H23N3O2. The van der Waals surface area contributed by atoms with Gasteiger partial charge in [-0.2, -0.15) is 0 Å². The molecule has 1 fully saturated rings. The number of nitro groups is 1. The Bertz CT molecular complexity index is 456. The van der Waals surface area contributed by atoms with E-state index >= 15 is 0 Å². The van der Waals surface area contributed by atoms with E-state index < -0.39 is 0 Å². The zero-order valence-corrected chi connectivity index (χ0v) is 11.9. The van der Waals surface area contributed by atoms with Crippen LogP contribution >= 0.6 is 0 Å². The van der Waals surface area contributed by atoms with E-state index in [0.29, 0.717) is 12.1 Å². The van der Waals surface area contributed by atoms with Gasteiger partial charge in [0.05, 0.1) is 4.92 Å².